The maximum Gasteiger partial charge on any atom is 0.435 e. The molecule has 0 bridgehead atoms. The predicted molar refractivity (Wildman–Crippen MR) is 73.9 cm³/mol. The van der Waals surface area contributed by atoms with Crippen LogP contribution in [0.1, 0.15) is 23.9 Å². The number of aromatic nitrogens is 4. The maximum absolute atomic E-state index is 13.7. The van der Waals surface area contributed by atoms with Gasteiger partial charge in [0.1, 0.15) is 0 Å². The van der Waals surface area contributed by atoms with E-state index in [9.17, 15) is 17.6 Å². The number of rotatable bonds is 5. The zero-order valence-corrected chi connectivity index (χ0v) is 12.8. The normalized spacial score (nSPS) is 11.5. The predicted octanol–water partition coefficient (Wildman–Crippen LogP) is 2.51. The molecule has 0 radical (unpaired) electrons. The molecule has 2 aromatic heterocycles. The third kappa shape index (κ3) is 3.98. The minimum absolute atomic E-state index is 0. The van der Waals surface area contributed by atoms with Crippen LogP contribution < -0.4 is 5.32 Å². The Hall–Kier alpha value is -1.61. The van der Waals surface area contributed by atoms with E-state index >= 15 is 0 Å². The Bertz CT molecular complexity index is 620. The molecular weight excluding hydrogens is 326 g/mol. The van der Waals surface area contributed by atoms with Gasteiger partial charge in [-0.25, -0.2) is 4.68 Å². The quantitative estimate of drug-likeness (QED) is 0.850. The van der Waals surface area contributed by atoms with Crippen molar-refractivity contribution >= 4 is 12.4 Å². The molecule has 1 N–H and O–H groups in total. The SMILES string of the molecule is CCn1ncc(CNCc2cc(C(F)(F)F)nn2C)c1F.Cl. The van der Waals surface area contributed by atoms with Crippen LogP contribution in [-0.2, 0) is 32.9 Å². The smallest absolute Gasteiger partial charge is 0.307 e. The minimum atomic E-state index is -4.47. The van der Waals surface area contributed by atoms with E-state index in [0.717, 1.165) is 10.7 Å². The number of aryl methyl sites for hydroxylation is 2. The first-order valence-electron chi connectivity index (χ1n) is 6.34. The van der Waals surface area contributed by atoms with Crippen molar-refractivity contribution in [2.24, 2.45) is 7.05 Å². The molecule has 124 valence electrons. The molecule has 0 aromatic carbocycles. The molecule has 0 aliphatic heterocycles. The third-order valence-corrected chi connectivity index (χ3v) is 3.03. The summed E-state index contributed by atoms with van der Waals surface area (Å²) in [6.45, 7) is 2.51. The van der Waals surface area contributed by atoms with Gasteiger partial charge in [0.15, 0.2) is 5.69 Å². The minimum Gasteiger partial charge on any atom is -0.307 e. The fourth-order valence-corrected chi connectivity index (χ4v) is 1.88. The third-order valence-electron chi connectivity index (χ3n) is 3.03. The molecule has 2 rings (SSSR count). The second-order valence-electron chi connectivity index (χ2n) is 4.52. The highest BCUT2D eigenvalue weighted by Crippen LogP contribution is 2.28. The lowest BCUT2D eigenvalue weighted by atomic mass is 10.3. The van der Waals surface area contributed by atoms with Crippen LogP contribution >= 0.6 is 12.4 Å². The first-order chi connectivity index (χ1) is 9.82. The van der Waals surface area contributed by atoms with E-state index in [1.807, 2.05) is 0 Å². The number of nitrogens with one attached hydrogen (secondary N) is 1. The van der Waals surface area contributed by atoms with Crippen LogP contribution in [0.5, 0.6) is 0 Å². The molecule has 0 aliphatic rings. The molecule has 2 heterocycles. The van der Waals surface area contributed by atoms with Crippen LogP contribution in [0.15, 0.2) is 12.3 Å². The van der Waals surface area contributed by atoms with Crippen LogP contribution in [0.25, 0.3) is 0 Å². The zero-order valence-electron chi connectivity index (χ0n) is 12.0. The molecular formula is C12H16ClF4N5. The summed E-state index contributed by atoms with van der Waals surface area (Å²) >= 11 is 0. The van der Waals surface area contributed by atoms with Crippen LogP contribution in [-0.4, -0.2) is 19.6 Å². The van der Waals surface area contributed by atoms with Gasteiger partial charge < -0.3 is 5.32 Å². The molecule has 0 saturated heterocycles. The molecule has 10 heteroatoms. The van der Waals surface area contributed by atoms with Crippen LogP contribution in [0.4, 0.5) is 17.6 Å². The molecule has 0 spiro atoms. The van der Waals surface area contributed by atoms with Crippen molar-refractivity contribution in [1.29, 1.82) is 0 Å². The first kappa shape index (κ1) is 18.4. The van der Waals surface area contributed by atoms with Crippen molar-refractivity contribution in [2.75, 3.05) is 0 Å². The van der Waals surface area contributed by atoms with Crippen molar-refractivity contribution in [1.82, 2.24) is 24.9 Å². The highest BCUT2D eigenvalue weighted by Gasteiger charge is 2.34. The summed E-state index contributed by atoms with van der Waals surface area (Å²) in [5, 5.41) is 10.1. The lowest BCUT2D eigenvalue weighted by Crippen LogP contribution is -2.16. The summed E-state index contributed by atoms with van der Waals surface area (Å²) < 4.78 is 53.6. The van der Waals surface area contributed by atoms with Gasteiger partial charge in [-0.1, -0.05) is 0 Å². The number of hydrogen-bond acceptors (Lipinski definition) is 3. The van der Waals surface area contributed by atoms with E-state index in [1.54, 1.807) is 6.92 Å². The van der Waals surface area contributed by atoms with Crippen molar-refractivity contribution < 1.29 is 17.6 Å². The van der Waals surface area contributed by atoms with E-state index in [-0.39, 0.29) is 25.5 Å². The van der Waals surface area contributed by atoms with Gasteiger partial charge in [0.05, 0.1) is 11.9 Å². The Balaban J connectivity index is 0.00000242. The maximum atomic E-state index is 13.7. The van der Waals surface area contributed by atoms with E-state index in [1.165, 1.54) is 17.9 Å². The highest BCUT2D eigenvalue weighted by molar-refractivity contribution is 5.85. The molecule has 0 aliphatic carbocycles. The topological polar surface area (TPSA) is 47.7 Å². The largest absolute Gasteiger partial charge is 0.435 e. The molecule has 0 amide bonds. The number of nitrogens with zero attached hydrogens (tertiary/aromatic N) is 4. The molecule has 0 saturated carbocycles. The van der Waals surface area contributed by atoms with Gasteiger partial charge in [-0.3, -0.25) is 4.68 Å². The summed E-state index contributed by atoms with van der Waals surface area (Å²) in [5.41, 5.74) is -0.201. The lowest BCUT2D eigenvalue weighted by Gasteiger charge is -2.04. The summed E-state index contributed by atoms with van der Waals surface area (Å²) in [6, 6.07) is 0.971. The van der Waals surface area contributed by atoms with Gasteiger partial charge in [0.25, 0.3) is 0 Å². The average molecular weight is 342 g/mol. The van der Waals surface area contributed by atoms with Crippen LogP contribution in [0.2, 0.25) is 0 Å². The molecule has 0 unspecified atom stereocenters. The first-order valence-corrected chi connectivity index (χ1v) is 6.34. The summed E-state index contributed by atoms with van der Waals surface area (Å²) in [7, 11) is 1.43. The molecule has 5 nitrogen and oxygen atoms in total. The number of alkyl halides is 3. The highest BCUT2D eigenvalue weighted by atomic mass is 35.5. The second-order valence-corrected chi connectivity index (χ2v) is 4.52. The Morgan fingerprint density at radius 1 is 1.27 bits per heavy atom. The molecule has 22 heavy (non-hydrogen) atoms. The Kier molecular flexibility index (Phi) is 5.95. The summed E-state index contributed by atoms with van der Waals surface area (Å²) in [4.78, 5) is 0. The average Bonchev–Trinajstić information content (AvgIpc) is 2.94. The van der Waals surface area contributed by atoms with Gasteiger partial charge in [-0.2, -0.15) is 27.8 Å². The summed E-state index contributed by atoms with van der Waals surface area (Å²) in [6.07, 6.45) is -3.07. The van der Waals surface area contributed by atoms with Crippen molar-refractivity contribution in [3.63, 3.8) is 0 Å². The van der Waals surface area contributed by atoms with Crippen LogP contribution in [0.3, 0.4) is 0 Å². The van der Waals surface area contributed by atoms with E-state index < -0.39 is 17.8 Å². The fraction of sp³-hybridized carbons (Fsp3) is 0.500. The Morgan fingerprint density at radius 3 is 2.45 bits per heavy atom. The van der Waals surface area contributed by atoms with Crippen molar-refractivity contribution in [2.45, 2.75) is 32.7 Å². The van der Waals surface area contributed by atoms with Crippen molar-refractivity contribution in [3.05, 3.63) is 35.2 Å². The fourth-order valence-electron chi connectivity index (χ4n) is 1.88. The lowest BCUT2D eigenvalue weighted by molar-refractivity contribution is -0.141. The van der Waals surface area contributed by atoms with Gasteiger partial charge in [-0.05, 0) is 13.0 Å². The van der Waals surface area contributed by atoms with E-state index in [4.69, 9.17) is 0 Å². The number of halogens is 5. The van der Waals surface area contributed by atoms with Crippen molar-refractivity contribution in [3.8, 4) is 0 Å². The molecule has 0 fully saturated rings. The monoisotopic (exact) mass is 341 g/mol. The zero-order chi connectivity index (χ0) is 15.6. The van der Waals surface area contributed by atoms with Crippen LogP contribution in [0, 0.1) is 5.95 Å². The Morgan fingerprint density at radius 2 is 1.95 bits per heavy atom. The second kappa shape index (κ2) is 7.10. The van der Waals surface area contributed by atoms with Gasteiger partial charge in [-0.15, -0.1) is 12.4 Å². The van der Waals surface area contributed by atoms with Gasteiger partial charge >= 0.3 is 6.18 Å². The molecule has 2 aromatic rings. The van der Waals surface area contributed by atoms with Gasteiger partial charge in [0.2, 0.25) is 5.95 Å². The van der Waals surface area contributed by atoms with E-state index in [2.05, 4.69) is 15.5 Å². The molecule has 0 atom stereocenters. The summed E-state index contributed by atoms with van der Waals surface area (Å²) in [5.74, 6) is -0.439. The number of hydrogen-bond donors (Lipinski definition) is 1. The Labute approximate surface area is 130 Å². The standard InChI is InChI=1S/C12H15F4N5.ClH/c1-3-21-11(13)8(6-18-21)5-17-7-9-4-10(12(14,15)16)19-20(9)2;/h4,6,17H,3,5,7H2,1-2H3;1H. The van der Waals surface area contributed by atoms with Gasteiger partial charge in [0, 0.05) is 32.2 Å². The van der Waals surface area contributed by atoms with E-state index in [0.29, 0.717) is 17.8 Å².